The van der Waals surface area contributed by atoms with E-state index in [1.165, 1.54) is 0 Å². The molecule has 172 valence electrons. The summed E-state index contributed by atoms with van der Waals surface area (Å²) in [5.74, 6) is 1.20. The molecule has 0 atom stereocenters. The van der Waals surface area contributed by atoms with Crippen molar-refractivity contribution in [1.82, 2.24) is 24.5 Å². The molecule has 0 amide bonds. The predicted molar refractivity (Wildman–Crippen MR) is 134 cm³/mol. The van der Waals surface area contributed by atoms with Gasteiger partial charge in [0.2, 0.25) is 5.95 Å². The first kappa shape index (κ1) is 23.2. The van der Waals surface area contributed by atoms with Crippen molar-refractivity contribution in [1.29, 1.82) is 0 Å². The SMILES string of the molecule is CCc1ccc(Nc2ncc(-c3nc(-c4cncn4C)cs3)c(NCCCOC)n2)cc1Cl. The molecule has 4 aromatic rings. The monoisotopic (exact) mass is 483 g/mol. The van der Waals surface area contributed by atoms with Gasteiger partial charge in [0.15, 0.2) is 0 Å². The van der Waals surface area contributed by atoms with Gasteiger partial charge in [0.05, 0.1) is 29.5 Å². The van der Waals surface area contributed by atoms with Gasteiger partial charge in [-0.05, 0) is 30.5 Å². The molecule has 3 heterocycles. The molecule has 0 unspecified atom stereocenters. The minimum atomic E-state index is 0.483. The number of halogens is 1. The number of aromatic nitrogens is 5. The van der Waals surface area contributed by atoms with E-state index in [2.05, 4.69) is 27.5 Å². The van der Waals surface area contributed by atoms with E-state index >= 15 is 0 Å². The van der Waals surface area contributed by atoms with Gasteiger partial charge in [-0.3, -0.25) is 0 Å². The fraction of sp³-hybridized carbons (Fsp3) is 0.304. The van der Waals surface area contributed by atoms with Crippen LogP contribution in [-0.4, -0.2) is 44.8 Å². The van der Waals surface area contributed by atoms with Crippen LogP contribution in [0, 0.1) is 0 Å². The lowest BCUT2D eigenvalue weighted by Crippen LogP contribution is -2.09. The normalized spacial score (nSPS) is 11.0. The summed E-state index contributed by atoms with van der Waals surface area (Å²) in [6.07, 6.45) is 7.10. The van der Waals surface area contributed by atoms with Gasteiger partial charge in [-0.15, -0.1) is 11.3 Å². The summed E-state index contributed by atoms with van der Waals surface area (Å²) in [4.78, 5) is 18.3. The third kappa shape index (κ3) is 5.50. The Balaban J connectivity index is 1.62. The maximum Gasteiger partial charge on any atom is 0.229 e. The number of benzene rings is 1. The molecule has 0 aliphatic heterocycles. The molecule has 4 rings (SSSR count). The number of anilines is 3. The Kier molecular flexibility index (Phi) is 7.54. The third-order valence-corrected chi connectivity index (χ3v) is 6.34. The minimum absolute atomic E-state index is 0.483. The van der Waals surface area contributed by atoms with Gasteiger partial charge < -0.3 is 19.9 Å². The summed E-state index contributed by atoms with van der Waals surface area (Å²) in [5.41, 5.74) is 4.61. The van der Waals surface area contributed by atoms with Crippen molar-refractivity contribution in [3.63, 3.8) is 0 Å². The molecule has 33 heavy (non-hydrogen) atoms. The first-order valence-corrected chi connectivity index (χ1v) is 11.9. The van der Waals surface area contributed by atoms with Crippen LogP contribution in [0.2, 0.25) is 5.02 Å². The van der Waals surface area contributed by atoms with E-state index in [4.69, 9.17) is 26.3 Å². The Morgan fingerprint density at radius 3 is 2.82 bits per heavy atom. The van der Waals surface area contributed by atoms with Crippen LogP contribution in [0.3, 0.4) is 0 Å². The van der Waals surface area contributed by atoms with Crippen LogP contribution >= 0.6 is 22.9 Å². The molecule has 0 saturated heterocycles. The van der Waals surface area contributed by atoms with Crippen molar-refractivity contribution in [2.75, 3.05) is 30.9 Å². The zero-order valence-corrected chi connectivity index (χ0v) is 20.4. The van der Waals surface area contributed by atoms with Crippen LogP contribution in [0.5, 0.6) is 0 Å². The number of ether oxygens (including phenoxy) is 1. The second-order valence-electron chi connectivity index (χ2n) is 7.44. The molecule has 8 nitrogen and oxygen atoms in total. The second kappa shape index (κ2) is 10.7. The number of rotatable bonds is 10. The number of hydrogen-bond donors (Lipinski definition) is 2. The Bertz CT molecular complexity index is 1220. The largest absolute Gasteiger partial charge is 0.385 e. The van der Waals surface area contributed by atoms with Crippen molar-refractivity contribution in [3.05, 3.63) is 52.9 Å². The van der Waals surface area contributed by atoms with Crippen LogP contribution < -0.4 is 10.6 Å². The predicted octanol–water partition coefficient (Wildman–Crippen LogP) is 5.41. The number of aryl methyl sites for hydroxylation is 2. The molecule has 0 saturated carbocycles. The molecule has 0 aliphatic carbocycles. The van der Waals surface area contributed by atoms with Crippen molar-refractivity contribution in [3.8, 4) is 22.0 Å². The smallest absolute Gasteiger partial charge is 0.229 e. The van der Waals surface area contributed by atoms with Gasteiger partial charge >= 0.3 is 0 Å². The van der Waals surface area contributed by atoms with E-state index in [-0.39, 0.29) is 0 Å². The summed E-state index contributed by atoms with van der Waals surface area (Å²) < 4.78 is 7.11. The van der Waals surface area contributed by atoms with Gasteiger partial charge in [0.1, 0.15) is 10.8 Å². The first-order chi connectivity index (χ1) is 16.1. The van der Waals surface area contributed by atoms with E-state index in [1.54, 1.807) is 37.2 Å². The second-order valence-corrected chi connectivity index (χ2v) is 8.71. The number of imidazole rings is 1. The van der Waals surface area contributed by atoms with E-state index in [0.29, 0.717) is 24.9 Å². The van der Waals surface area contributed by atoms with Crippen molar-refractivity contribution < 1.29 is 4.74 Å². The zero-order valence-electron chi connectivity index (χ0n) is 18.8. The number of methoxy groups -OCH3 is 1. The highest BCUT2D eigenvalue weighted by Crippen LogP contribution is 2.33. The van der Waals surface area contributed by atoms with E-state index in [1.807, 2.05) is 35.2 Å². The summed E-state index contributed by atoms with van der Waals surface area (Å²) in [6.45, 7) is 3.47. The van der Waals surface area contributed by atoms with Crippen molar-refractivity contribution in [2.24, 2.45) is 7.05 Å². The summed E-state index contributed by atoms with van der Waals surface area (Å²) >= 11 is 7.92. The number of hydrogen-bond acceptors (Lipinski definition) is 8. The van der Waals surface area contributed by atoms with E-state index in [0.717, 1.165) is 51.1 Å². The van der Waals surface area contributed by atoms with Gasteiger partial charge in [-0.25, -0.2) is 15.0 Å². The molecule has 0 spiro atoms. The lowest BCUT2D eigenvalue weighted by atomic mass is 10.1. The molecule has 0 radical (unpaired) electrons. The summed E-state index contributed by atoms with van der Waals surface area (Å²) in [6, 6.07) is 5.89. The molecule has 0 aliphatic rings. The Labute approximate surface area is 202 Å². The number of thiazole rings is 1. The minimum Gasteiger partial charge on any atom is -0.385 e. The van der Waals surface area contributed by atoms with Crippen molar-refractivity contribution in [2.45, 2.75) is 19.8 Å². The maximum absolute atomic E-state index is 6.37. The molecule has 3 aromatic heterocycles. The average molecular weight is 484 g/mol. The highest BCUT2D eigenvalue weighted by atomic mass is 35.5. The van der Waals surface area contributed by atoms with Gasteiger partial charge in [0.25, 0.3) is 0 Å². The lowest BCUT2D eigenvalue weighted by molar-refractivity contribution is 0.198. The van der Waals surface area contributed by atoms with Crippen LogP contribution in [0.4, 0.5) is 17.5 Å². The van der Waals surface area contributed by atoms with Crippen LogP contribution in [0.15, 0.2) is 42.3 Å². The van der Waals surface area contributed by atoms with Gasteiger partial charge in [0, 0.05) is 49.6 Å². The summed E-state index contributed by atoms with van der Waals surface area (Å²) in [7, 11) is 3.65. The standard InChI is InChI=1S/C23H26ClN7OS/c1-4-15-6-7-16(10-18(15)24)28-23-27-11-17(21(30-23)26-8-5-9-32-3)22-29-19(13-33-22)20-12-25-14-31(20)2/h6-7,10-14H,4-5,8-9H2,1-3H3,(H2,26,27,28,30). The molecule has 2 N–H and O–H groups in total. The molecule has 10 heteroatoms. The van der Waals surface area contributed by atoms with Gasteiger partial charge in [-0.1, -0.05) is 24.6 Å². The molecule has 1 aromatic carbocycles. The fourth-order valence-electron chi connectivity index (χ4n) is 3.32. The zero-order chi connectivity index (χ0) is 23.2. The third-order valence-electron chi connectivity index (χ3n) is 5.11. The Hall–Kier alpha value is -3.01. The van der Waals surface area contributed by atoms with E-state index in [9.17, 15) is 0 Å². The van der Waals surface area contributed by atoms with Crippen molar-refractivity contribution >= 4 is 40.4 Å². The molecule has 0 bridgehead atoms. The Morgan fingerprint density at radius 1 is 1.21 bits per heavy atom. The molecule has 0 fully saturated rings. The quantitative estimate of drug-likeness (QED) is 0.291. The highest BCUT2D eigenvalue weighted by Gasteiger charge is 2.15. The summed E-state index contributed by atoms with van der Waals surface area (Å²) in [5, 5.41) is 10.2. The van der Waals surface area contributed by atoms with Crippen LogP contribution in [-0.2, 0) is 18.2 Å². The maximum atomic E-state index is 6.37. The van der Waals surface area contributed by atoms with Crippen LogP contribution in [0.25, 0.3) is 22.0 Å². The number of nitrogens with one attached hydrogen (secondary N) is 2. The molecular formula is C23H26ClN7OS. The lowest BCUT2D eigenvalue weighted by Gasteiger charge is -2.12. The average Bonchev–Trinajstić information content (AvgIpc) is 3.46. The van der Waals surface area contributed by atoms with Crippen LogP contribution in [0.1, 0.15) is 18.9 Å². The van der Waals surface area contributed by atoms with Gasteiger partial charge in [-0.2, -0.15) is 4.98 Å². The first-order valence-electron chi connectivity index (χ1n) is 10.7. The fourth-order valence-corrected chi connectivity index (χ4v) is 4.45. The highest BCUT2D eigenvalue weighted by molar-refractivity contribution is 7.13. The Morgan fingerprint density at radius 2 is 2.09 bits per heavy atom. The number of nitrogens with zero attached hydrogens (tertiary/aromatic N) is 5. The topological polar surface area (TPSA) is 89.8 Å². The molecular weight excluding hydrogens is 458 g/mol. The van der Waals surface area contributed by atoms with E-state index < -0.39 is 0 Å².